The first-order valence-electron chi connectivity index (χ1n) is 9.66. The Labute approximate surface area is 218 Å². The molecule has 0 N–H and O–H groups in total. The summed E-state index contributed by atoms with van der Waals surface area (Å²) in [6.45, 7) is -3.31. The van der Waals surface area contributed by atoms with E-state index < -0.39 is 87.2 Å². The summed E-state index contributed by atoms with van der Waals surface area (Å²) in [5, 5.41) is 0. The second-order valence-electron chi connectivity index (χ2n) is 7.00. The van der Waals surface area contributed by atoms with Crippen LogP contribution in [0.25, 0.3) is 0 Å². The van der Waals surface area contributed by atoms with Crippen molar-refractivity contribution in [2.24, 2.45) is 0 Å². The molecule has 0 unspecified atom stereocenters. The van der Waals surface area contributed by atoms with Crippen LogP contribution < -0.4 is 0 Å². The SMILES string of the molecule is O=[P+](OCOS(=O)(=O)c1ccccc1C(F)(F)C(F)(F)F)OCOS(=O)(=O)c1ccccc1C(F)(F)C(F)(F)F. The van der Waals surface area contributed by atoms with Gasteiger partial charge in [0.1, 0.15) is 9.79 Å². The molecule has 0 heterocycles. The minimum absolute atomic E-state index is 0.148. The monoisotopic (exact) mass is 657 g/mol. The minimum atomic E-state index is -6.20. The van der Waals surface area contributed by atoms with Gasteiger partial charge < -0.3 is 0 Å². The highest BCUT2D eigenvalue weighted by Gasteiger charge is 2.61. The van der Waals surface area contributed by atoms with Gasteiger partial charge in [-0.15, -0.1) is 0 Å². The van der Waals surface area contributed by atoms with E-state index in [-0.39, 0.29) is 12.1 Å². The molecule has 40 heavy (non-hydrogen) atoms. The Morgan fingerprint density at radius 2 is 0.875 bits per heavy atom. The molecule has 0 aliphatic carbocycles. The molecule has 224 valence electrons. The van der Waals surface area contributed by atoms with Gasteiger partial charge in [-0.1, -0.05) is 45.4 Å². The topological polar surface area (TPSA) is 122 Å². The fourth-order valence-electron chi connectivity index (χ4n) is 2.61. The van der Waals surface area contributed by atoms with Gasteiger partial charge >= 0.3 is 32.5 Å². The molecule has 2 rings (SSSR count). The molecule has 0 saturated carbocycles. The first-order valence-corrected chi connectivity index (χ1v) is 13.6. The van der Waals surface area contributed by atoms with E-state index in [2.05, 4.69) is 17.4 Å². The molecule has 0 radical (unpaired) electrons. The third kappa shape index (κ3) is 7.45. The van der Waals surface area contributed by atoms with Gasteiger partial charge in [0, 0.05) is 4.57 Å². The standard InChI is InChI=1S/C18H12F10O9PS2/c19-15(20,17(23,24)25)11-5-1-3-7-13(11)39(30,31)36-9-34-38(29)35-10-37-40(32,33)14-8-4-2-6-12(14)16(21,22)18(26,27)28/h1-8H,9-10H2/q+1. The quantitative estimate of drug-likeness (QED) is 0.122. The average Bonchev–Trinajstić information content (AvgIpc) is 2.82. The number of benzene rings is 2. The molecule has 2 aromatic rings. The summed E-state index contributed by atoms with van der Waals surface area (Å²) in [5.74, 6) is -11.3. The molecule has 9 nitrogen and oxygen atoms in total. The van der Waals surface area contributed by atoms with Gasteiger partial charge in [0.25, 0.3) is 20.2 Å². The predicted octanol–water partition coefficient (Wildman–Crippen LogP) is 5.71. The third-order valence-corrected chi connectivity index (χ3v) is 7.66. The third-order valence-electron chi connectivity index (χ3n) is 4.42. The molecular weight excluding hydrogens is 645 g/mol. The molecule has 0 aromatic heterocycles. The number of rotatable bonds is 12. The van der Waals surface area contributed by atoms with Crippen molar-refractivity contribution >= 4 is 28.5 Å². The molecule has 0 atom stereocenters. The normalized spacial score (nSPS) is 13.8. The summed E-state index contributed by atoms with van der Waals surface area (Å²) in [6, 6.07) is 3.86. The number of hydrogen-bond acceptors (Lipinski definition) is 9. The van der Waals surface area contributed by atoms with Crippen molar-refractivity contribution in [1.82, 2.24) is 0 Å². The zero-order valence-electron chi connectivity index (χ0n) is 18.8. The lowest BCUT2D eigenvalue weighted by Crippen LogP contribution is -2.35. The molecule has 0 saturated heterocycles. The maximum Gasteiger partial charge on any atom is 0.702 e. The summed E-state index contributed by atoms with van der Waals surface area (Å²) < 4.78 is 207. The van der Waals surface area contributed by atoms with Crippen LogP contribution in [-0.2, 0) is 54.1 Å². The Morgan fingerprint density at radius 3 is 1.18 bits per heavy atom. The summed E-state index contributed by atoms with van der Waals surface area (Å²) in [6.07, 6.45) is -12.4. The van der Waals surface area contributed by atoms with E-state index in [9.17, 15) is 65.3 Å². The lowest BCUT2D eigenvalue weighted by molar-refractivity contribution is -0.290. The minimum Gasteiger partial charge on any atom is -0.232 e. The molecule has 2 aromatic carbocycles. The smallest absolute Gasteiger partial charge is 0.232 e. The van der Waals surface area contributed by atoms with E-state index in [0.29, 0.717) is 24.3 Å². The number of alkyl halides is 10. The molecule has 22 heteroatoms. The van der Waals surface area contributed by atoms with Crippen LogP contribution in [0.15, 0.2) is 58.3 Å². The van der Waals surface area contributed by atoms with Crippen LogP contribution >= 0.6 is 8.25 Å². The summed E-state index contributed by atoms with van der Waals surface area (Å²) in [4.78, 5) is -3.28. The predicted molar refractivity (Wildman–Crippen MR) is 109 cm³/mol. The maximum absolute atomic E-state index is 13.7. The van der Waals surface area contributed by atoms with Gasteiger partial charge in [0.05, 0.1) is 11.1 Å². The highest BCUT2D eigenvalue weighted by Crippen LogP contribution is 2.47. The van der Waals surface area contributed by atoms with Gasteiger partial charge in [-0.25, -0.2) is 8.37 Å². The van der Waals surface area contributed by atoms with Crippen molar-refractivity contribution in [3.8, 4) is 0 Å². The maximum atomic E-state index is 13.7. The zero-order chi connectivity index (χ0) is 30.8. The van der Waals surface area contributed by atoms with Gasteiger partial charge in [0.2, 0.25) is 13.6 Å². The van der Waals surface area contributed by atoms with Crippen LogP contribution in [0.1, 0.15) is 11.1 Å². The van der Waals surface area contributed by atoms with E-state index in [0.717, 1.165) is 12.1 Å². The van der Waals surface area contributed by atoms with Crippen LogP contribution in [0.4, 0.5) is 43.9 Å². The fourth-order valence-corrected chi connectivity index (χ4v) is 5.13. The lowest BCUT2D eigenvalue weighted by atomic mass is 10.1. The van der Waals surface area contributed by atoms with Gasteiger partial charge in [0.15, 0.2) is 0 Å². The average molecular weight is 657 g/mol. The molecule has 0 aliphatic rings. The van der Waals surface area contributed by atoms with Crippen molar-refractivity contribution in [3.63, 3.8) is 0 Å². The van der Waals surface area contributed by atoms with Crippen LogP contribution in [-0.4, -0.2) is 42.8 Å². The Morgan fingerprint density at radius 1 is 0.575 bits per heavy atom. The van der Waals surface area contributed by atoms with Crippen LogP contribution in [0.3, 0.4) is 0 Å². The molecule has 0 spiro atoms. The van der Waals surface area contributed by atoms with Gasteiger partial charge in [-0.3, -0.25) is 0 Å². The highest BCUT2D eigenvalue weighted by molar-refractivity contribution is 7.87. The Hall–Kier alpha value is -2.42. The Kier molecular flexibility index (Phi) is 9.99. The largest absolute Gasteiger partial charge is 0.702 e. The number of halogens is 10. The van der Waals surface area contributed by atoms with Crippen molar-refractivity contribution < 1.29 is 82.7 Å². The highest BCUT2D eigenvalue weighted by atomic mass is 32.2. The van der Waals surface area contributed by atoms with Crippen LogP contribution in [0.5, 0.6) is 0 Å². The van der Waals surface area contributed by atoms with Crippen LogP contribution in [0.2, 0.25) is 0 Å². The fraction of sp³-hybridized carbons (Fsp3) is 0.333. The summed E-state index contributed by atoms with van der Waals surface area (Å²) >= 11 is 0. The first kappa shape index (κ1) is 33.8. The van der Waals surface area contributed by atoms with E-state index >= 15 is 0 Å². The van der Waals surface area contributed by atoms with Crippen molar-refractivity contribution in [2.75, 3.05) is 13.6 Å². The second-order valence-corrected chi connectivity index (χ2v) is 11.1. The van der Waals surface area contributed by atoms with Gasteiger partial charge in [-0.2, -0.15) is 60.7 Å². The van der Waals surface area contributed by atoms with E-state index in [4.69, 9.17) is 0 Å². The molecular formula is C18H12F10O9PS2+. The zero-order valence-corrected chi connectivity index (χ0v) is 21.3. The second kappa shape index (κ2) is 11.8. The van der Waals surface area contributed by atoms with Crippen molar-refractivity contribution in [2.45, 2.75) is 34.0 Å². The van der Waals surface area contributed by atoms with Crippen molar-refractivity contribution in [3.05, 3.63) is 59.7 Å². The lowest BCUT2D eigenvalue weighted by Gasteiger charge is -2.22. The van der Waals surface area contributed by atoms with E-state index in [1.54, 1.807) is 0 Å². The Bertz CT molecular complexity index is 1330. The van der Waals surface area contributed by atoms with Crippen molar-refractivity contribution in [1.29, 1.82) is 0 Å². The van der Waals surface area contributed by atoms with E-state index in [1.165, 1.54) is 0 Å². The van der Waals surface area contributed by atoms with Gasteiger partial charge in [-0.05, 0) is 12.1 Å². The molecule has 0 bridgehead atoms. The Balaban J connectivity index is 2.04. The van der Waals surface area contributed by atoms with E-state index in [1.807, 2.05) is 0 Å². The summed E-state index contributed by atoms with van der Waals surface area (Å²) in [5.41, 5.74) is -4.03. The number of hydrogen-bond donors (Lipinski definition) is 0. The summed E-state index contributed by atoms with van der Waals surface area (Å²) in [7, 11) is -14.4. The molecule has 0 amide bonds. The molecule has 0 fully saturated rings. The molecule has 0 aliphatic heterocycles. The van der Waals surface area contributed by atoms with Crippen LogP contribution in [0, 0.1) is 0 Å². The first-order chi connectivity index (χ1) is 18.1.